The second-order valence-electron chi connectivity index (χ2n) is 2.83. The second kappa shape index (κ2) is 5.09. The van der Waals surface area contributed by atoms with Gasteiger partial charge in [0.1, 0.15) is 5.82 Å². The lowest BCUT2D eigenvalue weighted by Gasteiger charge is -2.18. The van der Waals surface area contributed by atoms with Crippen molar-refractivity contribution in [2.75, 3.05) is 25.0 Å². The third-order valence-electron chi connectivity index (χ3n) is 1.86. The van der Waals surface area contributed by atoms with E-state index in [1.807, 2.05) is 0 Å². The van der Waals surface area contributed by atoms with Gasteiger partial charge in [-0.3, -0.25) is 0 Å². The van der Waals surface area contributed by atoms with Crippen LogP contribution in [0.25, 0.3) is 10.4 Å². The summed E-state index contributed by atoms with van der Waals surface area (Å²) in [7, 11) is 1.76. The smallest absolute Gasteiger partial charge is 0.146 e. The summed E-state index contributed by atoms with van der Waals surface area (Å²) < 4.78 is 13.2. The van der Waals surface area contributed by atoms with E-state index < -0.39 is 0 Å². The molecule has 0 saturated carbocycles. The van der Waals surface area contributed by atoms with E-state index in [1.54, 1.807) is 30.1 Å². The lowest BCUT2D eigenvalue weighted by molar-refractivity contribution is 0.622. The molecule has 0 radical (unpaired) electrons. The van der Waals surface area contributed by atoms with Crippen molar-refractivity contribution in [3.63, 3.8) is 0 Å². The van der Waals surface area contributed by atoms with Gasteiger partial charge in [0.05, 0.1) is 5.69 Å². The van der Waals surface area contributed by atoms with Crippen molar-refractivity contribution in [3.05, 3.63) is 40.5 Å². The molecule has 14 heavy (non-hydrogen) atoms. The Labute approximate surface area is 81.6 Å². The largest absolute Gasteiger partial charge is 0.372 e. The van der Waals surface area contributed by atoms with Gasteiger partial charge in [-0.2, -0.15) is 0 Å². The maximum absolute atomic E-state index is 13.2. The fourth-order valence-electron chi connectivity index (χ4n) is 1.12. The van der Waals surface area contributed by atoms with Crippen LogP contribution in [0.2, 0.25) is 0 Å². The van der Waals surface area contributed by atoms with Crippen LogP contribution in [0.5, 0.6) is 0 Å². The average Bonchev–Trinajstić information content (AvgIpc) is 2.18. The number of rotatable bonds is 4. The minimum absolute atomic E-state index is 0.268. The molecule has 0 bridgehead atoms. The van der Waals surface area contributed by atoms with Gasteiger partial charge in [-0.25, -0.2) is 4.39 Å². The highest BCUT2D eigenvalue weighted by atomic mass is 19.1. The lowest BCUT2D eigenvalue weighted by atomic mass is 10.3. The Balaban J connectivity index is 2.64. The van der Waals surface area contributed by atoms with Crippen LogP contribution >= 0.6 is 0 Å². The van der Waals surface area contributed by atoms with E-state index in [1.165, 1.54) is 6.07 Å². The van der Waals surface area contributed by atoms with E-state index in [0.717, 1.165) is 0 Å². The molecule has 0 heterocycles. The van der Waals surface area contributed by atoms with Gasteiger partial charge in [-0.05, 0) is 17.7 Å². The zero-order chi connectivity index (χ0) is 10.4. The highest BCUT2D eigenvalue weighted by molar-refractivity contribution is 5.46. The molecule has 1 aromatic rings. The molecule has 0 aliphatic heterocycles. The zero-order valence-corrected chi connectivity index (χ0v) is 7.89. The molecule has 0 aromatic heterocycles. The van der Waals surface area contributed by atoms with E-state index in [4.69, 9.17) is 5.53 Å². The Morgan fingerprint density at radius 1 is 1.50 bits per heavy atom. The number of halogens is 1. The molecule has 0 amide bonds. The maximum Gasteiger partial charge on any atom is 0.146 e. The number of para-hydroxylation sites is 1. The zero-order valence-electron chi connectivity index (χ0n) is 7.89. The lowest BCUT2D eigenvalue weighted by Crippen LogP contribution is -2.21. The van der Waals surface area contributed by atoms with Crippen LogP contribution in [0, 0.1) is 5.82 Å². The van der Waals surface area contributed by atoms with Crippen LogP contribution in [0.3, 0.4) is 0 Å². The van der Waals surface area contributed by atoms with Crippen molar-refractivity contribution in [2.24, 2.45) is 5.11 Å². The molecular formula is C9H11FN4. The molecule has 0 saturated heterocycles. The van der Waals surface area contributed by atoms with Gasteiger partial charge < -0.3 is 4.90 Å². The highest BCUT2D eigenvalue weighted by Crippen LogP contribution is 2.16. The Morgan fingerprint density at radius 2 is 2.21 bits per heavy atom. The Kier molecular flexibility index (Phi) is 3.76. The number of azide groups is 1. The van der Waals surface area contributed by atoms with E-state index >= 15 is 0 Å². The number of likely N-dealkylation sites (N-methyl/N-ethyl adjacent to an activating group) is 1. The molecule has 0 N–H and O–H groups in total. The molecule has 0 unspecified atom stereocenters. The topological polar surface area (TPSA) is 52.0 Å². The molecular weight excluding hydrogens is 183 g/mol. The van der Waals surface area contributed by atoms with Gasteiger partial charge in [0.25, 0.3) is 0 Å². The minimum atomic E-state index is -0.268. The summed E-state index contributed by atoms with van der Waals surface area (Å²) in [6, 6.07) is 6.49. The third kappa shape index (κ3) is 2.64. The Bertz CT molecular complexity index is 346. The van der Waals surface area contributed by atoms with Crippen molar-refractivity contribution < 1.29 is 4.39 Å². The summed E-state index contributed by atoms with van der Waals surface area (Å²) >= 11 is 0. The van der Waals surface area contributed by atoms with Crippen molar-refractivity contribution in [1.82, 2.24) is 0 Å². The van der Waals surface area contributed by atoms with E-state index in [-0.39, 0.29) is 5.82 Å². The number of nitrogens with zero attached hydrogens (tertiary/aromatic N) is 4. The van der Waals surface area contributed by atoms with Crippen molar-refractivity contribution in [2.45, 2.75) is 0 Å². The predicted octanol–water partition coefficient (Wildman–Crippen LogP) is 2.57. The summed E-state index contributed by atoms with van der Waals surface area (Å²) in [6.45, 7) is 0.840. The maximum atomic E-state index is 13.2. The van der Waals surface area contributed by atoms with Crippen LogP contribution in [0.1, 0.15) is 0 Å². The molecule has 0 fully saturated rings. The number of hydrogen-bond acceptors (Lipinski definition) is 2. The first-order valence-electron chi connectivity index (χ1n) is 4.22. The van der Waals surface area contributed by atoms with Crippen molar-refractivity contribution >= 4 is 5.69 Å². The molecule has 74 valence electrons. The first-order valence-corrected chi connectivity index (χ1v) is 4.22. The van der Waals surface area contributed by atoms with Crippen molar-refractivity contribution in [1.29, 1.82) is 0 Å². The fraction of sp³-hybridized carbons (Fsp3) is 0.333. The normalized spacial score (nSPS) is 9.29. The second-order valence-corrected chi connectivity index (χ2v) is 2.83. The molecule has 5 heteroatoms. The summed E-state index contributed by atoms with van der Waals surface area (Å²) in [5, 5.41) is 3.38. The van der Waals surface area contributed by atoms with E-state index in [2.05, 4.69) is 10.0 Å². The van der Waals surface area contributed by atoms with Gasteiger partial charge in [0.2, 0.25) is 0 Å². The van der Waals surface area contributed by atoms with Crippen LogP contribution in [0.4, 0.5) is 10.1 Å². The van der Waals surface area contributed by atoms with Crippen LogP contribution in [0.15, 0.2) is 29.4 Å². The molecule has 0 spiro atoms. The van der Waals surface area contributed by atoms with Crippen molar-refractivity contribution in [3.8, 4) is 0 Å². The minimum Gasteiger partial charge on any atom is -0.372 e. The molecule has 0 atom stereocenters. The van der Waals surface area contributed by atoms with Crippen LogP contribution in [-0.4, -0.2) is 20.1 Å². The van der Waals surface area contributed by atoms with Crippen LogP contribution < -0.4 is 4.90 Å². The first kappa shape index (κ1) is 10.3. The summed E-state index contributed by atoms with van der Waals surface area (Å²) in [5.74, 6) is -0.268. The quantitative estimate of drug-likeness (QED) is 0.413. The van der Waals surface area contributed by atoms with E-state index in [0.29, 0.717) is 18.8 Å². The predicted molar refractivity (Wildman–Crippen MR) is 53.7 cm³/mol. The molecule has 1 rings (SSSR count). The van der Waals surface area contributed by atoms with Gasteiger partial charge in [-0.1, -0.05) is 17.2 Å². The molecule has 0 aliphatic carbocycles. The summed E-state index contributed by atoms with van der Waals surface area (Å²) in [6.07, 6.45) is 0. The van der Waals surface area contributed by atoms with Gasteiger partial charge in [0, 0.05) is 25.0 Å². The third-order valence-corrected chi connectivity index (χ3v) is 1.86. The van der Waals surface area contributed by atoms with Crippen LogP contribution in [-0.2, 0) is 0 Å². The average molecular weight is 194 g/mol. The van der Waals surface area contributed by atoms with Gasteiger partial charge >= 0.3 is 0 Å². The summed E-state index contributed by atoms with van der Waals surface area (Å²) in [5.41, 5.74) is 8.58. The van der Waals surface area contributed by atoms with Gasteiger partial charge in [0.15, 0.2) is 0 Å². The highest BCUT2D eigenvalue weighted by Gasteiger charge is 2.04. The number of benzene rings is 1. The number of anilines is 1. The molecule has 1 aromatic carbocycles. The molecule has 0 aliphatic rings. The summed E-state index contributed by atoms with van der Waals surface area (Å²) in [4.78, 5) is 4.34. The van der Waals surface area contributed by atoms with E-state index in [9.17, 15) is 4.39 Å². The monoisotopic (exact) mass is 194 g/mol. The number of hydrogen-bond donors (Lipinski definition) is 0. The SMILES string of the molecule is CN(CCN=[N+]=[N-])c1ccccc1F. The Hall–Kier alpha value is -1.74. The fourth-order valence-corrected chi connectivity index (χ4v) is 1.12. The Morgan fingerprint density at radius 3 is 2.86 bits per heavy atom. The first-order chi connectivity index (χ1) is 6.75. The van der Waals surface area contributed by atoms with Gasteiger partial charge in [-0.15, -0.1) is 0 Å². The standard InChI is InChI=1S/C9H11FN4/c1-14(7-6-12-13-11)9-5-3-2-4-8(9)10/h2-5H,6-7H2,1H3. The molecule has 4 nitrogen and oxygen atoms in total.